The lowest BCUT2D eigenvalue weighted by atomic mass is 10.1. The van der Waals surface area contributed by atoms with Crippen LogP contribution in [0.1, 0.15) is 46.9 Å². The van der Waals surface area contributed by atoms with Crippen molar-refractivity contribution >= 4 is 28.5 Å². The van der Waals surface area contributed by atoms with Crippen molar-refractivity contribution in [1.82, 2.24) is 5.16 Å². The van der Waals surface area contributed by atoms with Gasteiger partial charge >= 0.3 is 5.97 Å². The Hall–Kier alpha value is -3.15. The minimum absolute atomic E-state index is 0.107. The second kappa shape index (κ2) is 8.69. The summed E-state index contributed by atoms with van der Waals surface area (Å²) >= 11 is 0. The van der Waals surface area contributed by atoms with Gasteiger partial charge in [0, 0.05) is 11.1 Å². The first-order valence-corrected chi connectivity index (χ1v) is 9.40. The van der Waals surface area contributed by atoms with Crippen molar-refractivity contribution in [2.75, 3.05) is 11.9 Å². The van der Waals surface area contributed by atoms with E-state index < -0.39 is 0 Å². The molecule has 1 N–H and O–H groups in total. The van der Waals surface area contributed by atoms with E-state index in [2.05, 4.69) is 10.5 Å². The lowest BCUT2D eigenvalue weighted by Gasteiger charge is -2.07. The molecule has 1 amide bonds. The van der Waals surface area contributed by atoms with Gasteiger partial charge < -0.3 is 14.6 Å². The zero-order chi connectivity index (χ0) is 20.1. The quantitative estimate of drug-likeness (QED) is 0.479. The van der Waals surface area contributed by atoms with Gasteiger partial charge in [0.05, 0.1) is 18.6 Å². The minimum atomic E-state index is -0.356. The van der Waals surface area contributed by atoms with E-state index in [-0.39, 0.29) is 18.3 Å². The van der Waals surface area contributed by atoms with Crippen LogP contribution in [-0.2, 0) is 16.0 Å². The number of aryl methyl sites for hydroxylation is 2. The molecule has 6 nitrogen and oxygen atoms in total. The van der Waals surface area contributed by atoms with Crippen LogP contribution in [0.25, 0.3) is 11.0 Å². The monoisotopic (exact) mass is 380 g/mol. The Morgan fingerprint density at radius 1 is 1.11 bits per heavy atom. The first kappa shape index (κ1) is 19.6. The van der Waals surface area contributed by atoms with Gasteiger partial charge in [-0.25, -0.2) is 4.79 Å². The highest BCUT2D eigenvalue weighted by Crippen LogP contribution is 2.23. The number of unbranched alkanes of at least 4 members (excludes halogenated alkanes) is 1. The molecule has 0 aliphatic carbocycles. The molecule has 28 heavy (non-hydrogen) atoms. The van der Waals surface area contributed by atoms with E-state index in [1.165, 1.54) is 0 Å². The first-order valence-electron chi connectivity index (χ1n) is 9.40. The van der Waals surface area contributed by atoms with Gasteiger partial charge in [-0.15, -0.1) is 0 Å². The molecule has 146 valence electrons. The molecule has 0 aliphatic rings. The second-order valence-electron chi connectivity index (χ2n) is 6.85. The average molecular weight is 380 g/mol. The van der Waals surface area contributed by atoms with Crippen molar-refractivity contribution in [2.45, 2.75) is 40.0 Å². The van der Waals surface area contributed by atoms with Gasteiger partial charge in [0.2, 0.25) is 5.91 Å². The molecule has 1 heterocycles. The maximum atomic E-state index is 12.4. The van der Waals surface area contributed by atoms with E-state index in [1.54, 1.807) is 24.3 Å². The van der Waals surface area contributed by atoms with E-state index in [1.807, 2.05) is 32.9 Å². The van der Waals surface area contributed by atoms with Crippen LogP contribution in [0.5, 0.6) is 0 Å². The van der Waals surface area contributed by atoms with Gasteiger partial charge in [0.1, 0.15) is 5.69 Å². The van der Waals surface area contributed by atoms with Crippen molar-refractivity contribution < 1.29 is 18.8 Å². The normalized spacial score (nSPS) is 10.8. The van der Waals surface area contributed by atoms with Crippen molar-refractivity contribution in [3.05, 3.63) is 58.8 Å². The summed E-state index contributed by atoms with van der Waals surface area (Å²) < 4.78 is 10.5. The van der Waals surface area contributed by atoms with E-state index in [4.69, 9.17) is 9.26 Å². The number of carbonyl (C=O) groups excluding carboxylic acids is 2. The largest absolute Gasteiger partial charge is 0.462 e. The fourth-order valence-corrected chi connectivity index (χ4v) is 2.81. The van der Waals surface area contributed by atoms with E-state index in [0.717, 1.165) is 29.4 Å². The van der Waals surface area contributed by atoms with Crippen molar-refractivity contribution in [3.63, 3.8) is 0 Å². The third-order valence-electron chi connectivity index (χ3n) is 4.62. The molecule has 0 radical (unpaired) electrons. The zero-order valence-electron chi connectivity index (χ0n) is 16.4. The summed E-state index contributed by atoms with van der Waals surface area (Å²) in [5, 5.41) is 7.70. The zero-order valence-corrected chi connectivity index (χ0v) is 16.4. The highest BCUT2D eigenvalue weighted by molar-refractivity contribution is 5.95. The highest BCUT2D eigenvalue weighted by atomic mass is 16.5. The molecule has 0 atom stereocenters. The standard InChI is InChI=1S/C22H24N2O4/c1-4-5-10-27-22(26)16-6-8-17(9-7-16)23-21(25)13-19-18-11-14(2)15(3)12-20(18)28-24-19/h6-9,11-12H,4-5,10,13H2,1-3H3,(H,23,25). The average Bonchev–Trinajstić information content (AvgIpc) is 3.04. The molecule has 2 aromatic carbocycles. The maximum absolute atomic E-state index is 12.4. The predicted molar refractivity (Wildman–Crippen MR) is 107 cm³/mol. The topological polar surface area (TPSA) is 81.4 Å². The number of nitrogens with one attached hydrogen (secondary N) is 1. The molecular weight excluding hydrogens is 356 g/mol. The fourth-order valence-electron chi connectivity index (χ4n) is 2.81. The molecule has 0 saturated carbocycles. The number of fused-ring (bicyclic) bond motifs is 1. The molecule has 0 aliphatic heterocycles. The highest BCUT2D eigenvalue weighted by Gasteiger charge is 2.14. The van der Waals surface area contributed by atoms with E-state index in [0.29, 0.717) is 29.1 Å². The number of nitrogens with zero attached hydrogens (tertiary/aromatic N) is 1. The SMILES string of the molecule is CCCCOC(=O)c1ccc(NC(=O)Cc2noc3cc(C)c(C)cc23)cc1. The Bertz CT molecular complexity index is 990. The molecule has 1 aromatic heterocycles. The summed E-state index contributed by atoms with van der Waals surface area (Å²) in [6, 6.07) is 10.6. The molecule has 3 rings (SSSR count). The van der Waals surface area contributed by atoms with Crippen LogP contribution in [-0.4, -0.2) is 23.6 Å². The van der Waals surface area contributed by atoms with E-state index >= 15 is 0 Å². The molecule has 0 bridgehead atoms. The number of anilines is 1. The number of rotatable bonds is 7. The van der Waals surface area contributed by atoms with Gasteiger partial charge in [0.25, 0.3) is 0 Å². The molecule has 0 spiro atoms. The Balaban J connectivity index is 1.62. The molecule has 0 saturated heterocycles. The molecule has 6 heteroatoms. The molecule has 0 fully saturated rings. The number of hydrogen-bond acceptors (Lipinski definition) is 5. The number of ether oxygens (including phenoxy) is 1. The Kier molecular flexibility index (Phi) is 6.09. The van der Waals surface area contributed by atoms with Crippen molar-refractivity contribution in [1.29, 1.82) is 0 Å². The summed E-state index contributed by atoms with van der Waals surface area (Å²) in [5.74, 6) is -0.558. The molecule has 0 unspecified atom stereocenters. The number of hydrogen-bond donors (Lipinski definition) is 1. The number of amides is 1. The number of aromatic nitrogens is 1. The summed E-state index contributed by atoms with van der Waals surface area (Å²) in [7, 11) is 0. The smallest absolute Gasteiger partial charge is 0.338 e. The van der Waals surface area contributed by atoms with Crippen molar-refractivity contribution in [3.8, 4) is 0 Å². The van der Waals surface area contributed by atoms with Crippen LogP contribution in [0.2, 0.25) is 0 Å². The number of esters is 1. The third kappa shape index (κ3) is 4.57. The van der Waals surface area contributed by atoms with Crippen LogP contribution < -0.4 is 5.32 Å². The first-order chi connectivity index (χ1) is 13.5. The summed E-state index contributed by atoms with van der Waals surface area (Å²) in [5.41, 5.74) is 4.59. The summed E-state index contributed by atoms with van der Waals surface area (Å²) in [6.45, 7) is 6.47. The van der Waals surface area contributed by atoms with Crippen LogP contribution in [0.3, 0.4) is 0 Å². The number of carbonyl (C=O) groups is 2. The lowest BCUT2D eigenvalue weighted by molar-refractivity contribution is -0.115. The van der Waals surface area contributed by atoms with Gasteiger partial charge in [-0.05, 0) is 67.8 Å². The summed E-state index contributed by atoms with van der Waals surface area (Å²) in [6.07, 6.45) is 1.92. The Morgan fingerprint density at radius 2 is 1.82 bits per heavy atom. The van der Waals surface area contributed by atoms with Gasteiger partial charge in [-0.2, -0.15) is 0 Å². The lowest BCUT2D eigenvalue weighted by Crippen LogP contribution is -2.15. The van der Waals surface area contributed by atoms with Gasteiger partial charge in [0.15, 0.2) is 5.58 Å². The molecule has 3 aromatic rings. The van der Waals surface area contributed by atoms with Crippen molar-refractivity contribution in [2.24, 2.45) is 0 Å². The predicted octanol–water partition coefficient (Wildman–Crippen LogP) is 4.58. The maximum Gasteiger partial charge on any atom is 0.338 e. The summed E-state index contributed by atoms with van der Waals surface area (Å²) in [4.78, 5) is 24.3. The fraction of sp³-hybridized carbons (Fsp3) is 0.318. The van der Waals surface area contributed by atoms with Crippen LogP contribution in [0, 0.1) is 13.8 Å². The van der Waals surface area contributed by atoms with E-state index in [9.17, 15) is 9.59 Å². The minimum Gasteiger partial charge on any atom is -0.462 e. The third-order valence-corrected chi connectivity index (χ3v) is 4.62. The number of benzene rings is 2. The molecular formula is C22H24N2O4. The van der Waals surface area contributed by atoms with Gasteiger partial charge in [-0.1, -0.05) is 18.5 Å². The Morgan fingerprint density at radius 3 is 2.54 bits per heavy atom. The van der Waals surface area contributed by atoms with Crippen LogP contribution in [0.4, 0.5) is 5.69 Å². The van der Waals surface area contributed by atoms with Crippen LogP contribution in [0.15, 0.2) is 40.9 Å². The van der Waals surface area contributed by atoms with Crippen LogP contribution >= 0.6 is 0 Å². The Labute approximate surface area is 163 Å². The van der Waals surface area contributed by atoms with Gasteiger partial charge in [-0.3, -0.25) is 4.79 Å². The second-order valence-corrected chi connectivity index (χ2v) is 6.85.